The molecule has 1 saturated heterocycles. The van der Waals surface area contributed by atoms with Crippen LogP contribution in [-0.4, -0.2) is 44.2 Å². The quantitative estimate of drug-likeness (QED) is 0.650. The molecule has 0 aromatic heterocycles. The Hall–Kier alpha value is -0.750. The molecular weight excluding hydrogens is 242 g/mol. The number of rotatable bonds is 8. The second-order valence-electron chi connectivity index (χ2n) is 4.58. The Labute approximate surface area is 106 Å². The second-order valence-corrected chi connectivity index (χ2v) is 4.58. The second kappa shape index (κ2) is 7.63. The molecule has 4 nitrogen and oxygen atoms in total. The van der Waals surface area contributed by atoms with Crippen LogP contribution in [0, 0.1) is 0 Å². The molecule has 1 fully saturated rings. The van der Waals surface area contributed by atoms with Crippen molar-refractivity contribution in [1.82, 2.24) is 10.6 Å². The van der Waals surface area contributed by atoms with Gasteiger partial charge in [-0.25, -0.2) is 8.78 Å². The van der Waals surface area contributed by atoms with Gasteiger partial charge >= 0.3 is 0 Å². The lowest BCUT2D eigenvalue weighted by Crippen LogP contribution is -2.54. The molecule has 0 bridgehead atoms. The first kappa shape index (κ1) is 15.3. The summed E-state index contributed by atoms with van der Waals surface area (Å²) in [5, 5.41) is 6.01. The number of alkyl halides is 2. The van der Waals surface area contributed by atoms with Gasteiger partial charge in [-0.15, -0.1) is 0 Å². The van der Waals surface area contributed by atoms with Crippen molar-refractivity contribution in [3.8, 4) is 0 Å². The third-order valence-electron chi connectivity index (χ3n) is 3.13. The third kappa shape index (κ3) is 4.49. The summed E-state index contributed by atoms with van der Waals surface area (Å²) in [6.45, 7) is 2.72. The Morgan fingerprint density at radius 3 is 2.89 bits per heavy atom. The van der Waals surface area contributed by atoms with Gasteiger partial charge in [0.15, 0.2) is 0 Å². The number of hydrogen-bond acceptors (Lipinski definition) is 3. The highest BCUT2D eigenvalue weighted by Gasteiger charge is 2.39. The summed E-state index contributed by atoms with van der Waals surface area (Å²) in [7, 11) is 0. The first-order chi connectivity index (χ1) is 8.60. The van der Waals surface area contributed by atoms with Gasteiger partial charge in [0.1, 0.15) is 6.61 Å². The summed E-state index contributed by atoms with van der Waals surface area (Å²) in [5.41, 5.74) is -0.461. The molecule has 1 atom stereocenters. The SMILES string of the molecule is CCCC1(C(=O)NCCOCC(F)F)CCCN1. The maximum atomic E-state index is 12.1. The summed E-state index contributed by atoms with van der Waals surface area (Å²) in [5.74, 6) is -0.0394. The summed E-state index contributed by atoms with van der Waals surface area (Å²) >= 11 is 0. The van der Waals surface area contributed by atoms with Gasteiger partial charge in [0.2, 0.25) is 5.91 Å². The number of nitrogens with one attached hydrogen (secondary N) is 2. The molecule has 1 aliphatic rings. The van der Waals surface area contributed by atoms with Gasteiger partial charge in [0, 0.05) is 6.54 Å². The van der Waals surface area contributed by atoms with E-state index < -0.39 is 18.6 Å². The fourth-order valence-electron chi connectivity index (χ4n) is 2.33. The van der Waals surface area contributed by atoms with Crippen LogP contribution < -0.4 is 10.6 Å². The Morgan fingerprint density at radius 1 is 1.56 bits per heavy atom. The molecule has 1 rings (SSSR count). The van der Waals surface area contributed by atoms with Gasteiger partial charge in [-0.3, -0.25) is 4.79 Å². The van der Waals surface area contributed by atoms with Crippen molar-refractivity contribution < 1.29 is 18.3 Å². The average molecular weight is 264 g/mol. The van der Waals surface area contributed by atoms with Crippen molar-refractivity contribution in [2.75, 3.05) is 26.3 Å². The number of carbonyl (C=O) groups excluding carboxylic acids is 1. The summed E-state index contributed by atoms with van der Waals surface area (Å²) in [4.78, 5) is 12.1. The van der Waals surface area contributed by atoms with E-state index in [1.165, 1.54) is 0 Å². The minimum absolute atomic E-state index is 0.0394. The zero-order valence-electron chi connectivity index (χ0n) is 10.8. The normalized spacial score (nSPS) is 23.6. The minimum Gasteiger partial charge on any atom is -0.374 e. The molecule has 1 unspecified atom stereocenters. The lowest BCUT2D eigenvalue weighted by molar-refractivity contribution is -0.127. The zero-order valence-corrected chi connectivity index (χ0v) is 10.8. The maximum absolute atomic E-state index is 12.1. The first-order valence-corrected chi connectivity index (χ1v) is 6.50. The van der Waals surface area contributed by atoms with E-state index >= 15 is 0 Å². The molecule has 0 aliphatic carbocycles. The van der Waals surface area contributed by atoms with E-state index in [-0.39, 0.29) is 19.1 Å². The number of amides is 1. The molecular formula is C12H22F2N2O2. The molecule has 106 valence electrons. The van der Waals surface area contributed by atoms with E-state index in [1.54, 1.807) is 0 Å². The molecule has 0 aromatic carbocycles. The van der Waals surface area contributed by atoms with Crippen LogP contribution in [0.1, 0.15) is 32.6 Å². The maximum Gasteiger partial charge on any atom is 0.261 e. The van der Waals surface area contributed by atoms with Gasteiger partial charge in [0.25, 0.3) is 6.43 Å². The van der Waals surface area contributed by atoms with Crippen LogP contribution in [0.15, 0.2) is 0 Å². The highest BCUT2D eigenvalue weighted by Crippen LogP contribution is 2.24. The van der Waals surface area contributed by atoms with Crippen LogP contribution in [0.2, 0.25) is 0 Å². The Balaban J connectivity index is 2.25. The van der Waals surface area contributed by atoms with E-state index in [1.807, 2.05) is 6.92 Å². The van der Waals surface area contributed by atoms with Crippen LogP contribution in [0.3, 0.4) is 0 Å². The Morgan fingerprint density at radius 2 is 2.33 bits per heavy atom. The molecule has 0 saturated carbocycles. The first-order valence-electron chi connectivity index (χ1n) is 6.50. The lowest BCUT2D eigenvalue weighted by Gasteiger charge is -2.27. The van der Waals surface area contributed by atoms with E-state index in [0.717, 1.165) is 32.2 Å². The third-order valence-corrected chi connectivity index (χ3v) is 3.13. The minimum atomic E-state index is -2.45. The van der Waals surface area contributed by atoms with Crippen molar-refractivity contribution in [3.05, 3.63) is 0 Å². The summed E-state index contributed by atoms with van der Waals surface area (Å²) in [6, 6.07) is 0. The van der Waals surface area contributed by atoms with Gasteiger partial charge in [-0.2, -0.15) is 0 Å². The summed E-state index contributed by atoms with van der Waals surface area (Å²) < 4.78 is 28.3. The predicted molar refractivity (Wildman–Crippen MR) is 64.7 cm³/mol. The monoisotopic (exact) mass is 264 g/mol. The molecule has 2 N–H and O–H groups in total. The largest absolute Gasteiger partial charge is 0.374 e. The highest BCUT2D eigenvalue weighted by atomic mass is 19.3. The molecule has 0 aromatic rings. The molecule has 0 radical (unpaired) electrons. The fourth-order valence-corrected chi connectivity index (χ4v) is 2.33. The number of hydrogen-bond donors (Lipinski definition) is 2. The topological polar surface area (TPSA) is 50.4 Å². The van der Waals surface area contributed by atoms with Crippen LogP contribution in [0.25, 0.3) is 0 Å². The number of ether oxygens (including phenoxy) is 1. The van der Waals surface area contributed by atoms with Gasteiger partial charge < -0.3 is 15.4 Å². The van der Waals surface area contributed by atoms with Crippen molar-refractivity contribution in [1.29, 1.82) is 0 Å². The highest BCUT2D eigenvalue weighted by molar-refractivity contribution is 5.86. The summed E-state index contributed by atoms with van der Waals surface area (Å²) in [6.07, 6.45) is 1.11. The van der Waals surface area contributed by atoms with E-state index in [4.69, 9.17) is 4.74 Å². The van der Waals surface area contributed by atoms with E-state index in [0.29, 0.717) is 0 Å². The standard InChI is InChI=1S/C12H22F2N2O2/c1-2-4-12(5-3-6-16-12)11(17)15-7-8-18-9-10(13)14/h10,16H,2-9H2,1H3,(H,15,17). The Bertz CT molecular complexity index is 256. The molecule has 1 aliphatic heterocycles. The van der Waals surface area contributed by atoms with Crippen molar-refractivity contribution in [2.24, 2.45) is 0 Å². The van der Waals surface area contributed by atoms with Crippen LogP contribution in [-0.2, 0) is 9.53 Å². The van der Waals surface area contributed by atoms with Crippen molar-refractivity contribution >= 4 is 5.91 Å². The average Bonchev–Trinajstić information content (AvgIpc) is 2.78. The van der Waals surface area contributed by atoms with Crippen molar-refractivity contribution in [3.63, 3.8) is 0 Å². The van der Waals surface area contributed by atoms with E-state index in [2.05, 4.69) is 10.6 Å². The van der Waals surface area contributed by atoms with Crippen LogP contribution in [0.4, 0.5) is 8.78 Å². The van der Waals surface area contributed by atoms with Gasteiger partial charge in [-0.05, 0) is 25.8 Å². The predicted octanol–water partition coefficient (Wildman–Crippen LogP) is 1.31. The smallest absolute Gasteiger partial charge is 0.261 e. The molecule has 0 spiro atoms. The van der Waals surface area contributed by atoms with Gasteiger partial charge in [-0.1, -0.05) is 13.3 Å². The fraction of sp³-hybridized carbons (Fsp3) is 0.917. The lowest BCUT2D eigenvalue weighted by atomic mass is 9.91. The molecule has 6 heteroatoms. The molecule has 1 heterocycles. The Kier molecular flexibility index (Phi) is 6.49. The zero-order chi connectivity index (χ0) is 13.4. The van der Waals surface area contributed by atoms with Crippen molar-refractivity contribution in [2.45, 2.75) is 44.6 Å². The molecule has 1 amide bonds. The van der Waals surface area contributed by atoms with Gasteiger partial charge in [0.05, 0.1) is 12.1 Å². The number of carbonyl (C=O) groups is 1. The van der Waals surface area contributed by atoms with E-state index in [9.17, 15) is 13.6 Å². The molecule has 18 heavy (non-hydrogen) atoms. The number of halogens is 2. The van der Waals surface area contributed by atoms with Crippen LogP contribution in [0.5, 0.6) is 0 Å². The van der Waals surface area contributed by atoms with Crippen LogP contribution >= 0.6 is 0 Å².